The van der Waals surface area contributed by atoms with Crippen molar-refractivity contribution in [3.63, 3.8) is 0 Å². The lowest BCUT2D eigenvalue weighted by Gasteiger charge is -2.23. The number of hydrogen-bond acceptors (Lipinski definition) is 3. The Morgan fingerprint density at radius 3 is 2.59 bits per heavy atom. The lowest BCUT2D eigenvalue weighted by atomic mass is 10.2. The van der Waals surface area contributed by atoms with Gasteiger partial charge in [0.05, 0.1) is 11.6 Å². The molecule has 2 rings (SSSR count). The van der Waals surface area contributed by atoms with E-state index in [-0.39, 0.29) is 6.03 Å². The molecule has 0 unspecified atom stereocenters. The van der Waals surface area contributed by atoms with E-state index in [1.807, 2.05) is 37.3 Å². The molecule has 2 aromatic carbocycles. The lowest BCUT2D eigenvalue weighted by molar-refractivity contribution is 0.182. The van der Waals surface area contributed by atoms with Crippen molar-refractivity contribution in [1.82, 2.24) is 4.90 Å². The maximum absolute atomic E-state index is 12.8. The van der Waals surface area contributed by atoms with Crippen molar-refractivity contribution in [1.29, 1.82) is 0 Å². The van der Waals surface area contributed by atoms with Gasteiger partial charge in [-0.1, -0.05) is 41.9 Å². The monoisotopic (exact) mass is 390 g/mol. The Balaban J connectivity index is 2.04. The highest BCUT2D eigenvalue weighted by atomic mass is 35.5. The van der Waals surface area contributed by atoms with Crippen LogP contribution in [0.1, 0.15) is 25.3 Å². The molecular formula is C21H27ClN2O3. The number of amides is 2. The van der Waals surface area contributed by atoms with Crippen LogP contribution in [0.15, 0.2) is 48.5 Å². The summed E-state index contributed by atoms with van der Waals surface area (Å²) >= 11 is 6.22. The van der Waals surface area contributed by atoms with Gasteiger partial charge in [0, 0.05) is 32.5 Å². The number of hydrogen-bond donors (Lipinski definition) is 1. The summed E-state index contributed by atoms with van der Waals surface area (Å²) in [5.41, 5.74) is 1.73. The number of halogens is 1. The normalized spacial score (nSPS) is 10.5. The second-order valence-electron chi connectivity index (χ2n) is 6.12. The molecule has 6 heteroatoms. The minimum absolute atomic E-state index is 0.156. The zero-order valence-corrected chi connectivity index (χ0v) is 16.7. The first-order chi connectivity index (χ1) is 13.1. The summed E-state index contributed by atoms with van der Waals surface area (Å²) in [5.74, 6) is 0.609. The number of nitrogens with one attached hydrogen (secondary N) is 1. The van der Waals surface area contributed by atoms with E-state index in [1.54, 1.807) is 30.2 Å². The summed E-state index contributed by atoms with van der Waals surface area (Å²) in [6, 6.07) is 15.1. The van der Waals surface area contributed by atoms with Gasteiger partial charge in [-0.25, -0.2) is 4.79 Å². The molecule has 1 N–H and O–H groups in total. The maximum Gasteiger partial charge on any atom is 0.322 e. The Bertz CT molecular complexity index is 710. The van der Waals surface area contributed by atoms with Gasteiger partial charge in [0.15, 0.2) is 0 Å². The van der Waals surface area contributed by atoms with Crippen molar-refractivity contribution in [2.75, 3.05) is 32.2 Å². The Morgan fingerprint density at radius 1 is 1.15 bits per heavy atom. The van der Waals surface area contributed by atoms with Gasteiger partial charge in [-0.15, -0.1) is 0 Å². The van der Waals surface area contributed by atoms with Gasteiger partial charge < -0.3 is 19.7 Å². The highest BCUT2D eigenvalue weighted by Gasteiger charge is 2.15. The predicted octanol–water partition coefficient (Wildman–Crippen LogP) is 5.20. The molecule has 0 bridgehead atoms. The van der Waals surface area contributed by atoms with E-state index in [2.05, 4.69) is 5.32 Å². The van der Waals surface area contributed by atoms with Crippen molar-refractivity contribution in [2.45, 2.75) is 26.3 Å². The van der Waals surface area contributed by atoms with E-state index < -0.39 is 0 Å². The molecule has 27 heavy (non-hydrogen) atoms. The van der Waals surface area contributed by atoms with Gasteiger partial charge >= 0.3 is 6.03 Å². The van der Waals surface area contributed by atoms with E-state index in [1.165, 1.54) is 0 Å². The van der Waals surface area contributed by atoms with Crippen LogP contribution < -0.4 is 10.1 Å². The topological polar surface area (TPSA) is 50.8 Å². The van der Waals surface area contributed by atoms with Crippen LogP contribution in [0.3, 0.4) is 0 Å². The Labute approximate surface area is 166 Å². The van der Waals surface area contributed by atoms with Crippen LogP contribution in [0.2, 0.25) is 5.02 Å². The van der Waals surface area contributed by atoms with Gasteiger partial charge in [0.2, 0.25) is 0 Å². The zero-order valence-electron chi connectivity index (χ0n) is 15.9. The number of nitrogens with zero attached hydrogens (tertiary/aromatic N) is 1. The molecule has 0 saturated heterocycles. The molecule has 0 aliphatic rings. The van der Waals surface area contributed by atoms with Crippen LogP contribution in [-0.2, 0) is 11.3 Å². The first kappa shape index (κ1) is 21.1. The third-order valence-electron chi connectivity index (χ3n) is 4.01. The third kappa shape index (κ3) is 7.12. The zero-order chi connectivity index (χ0) is 19.5. The summed E-state index contributed by atoms with van der Waals surface area (Å²) in [7, 11) is 1.68. The molecule has 146 valence electrons. The molecule has 0 spiro atoms. The summed E-state index contributed by atoms with van der Waals surface area (Å²) < 4.78 is 10.5. The minimum Gasteiger partial charge on any atom is -0.492 e. The molecule has 0 heterocycles. The number of benzene rings is 2. The van der Waals surface area contributed by atoms with E-state index in [4.69, 9.17) is 21.1 Å². The summed E-state index contributed by atoms with van der Waals surface area (Å²) in [4.78, 5) is 14.6. The average Bonchev–Trinajstić information content (AvgIpc) is 2.67. The number of urea groups is 1. The van der Waals surface area contributed by atoms with Gasteiger partial charge in [0.1, 0.15) is 5.75 Å². The van der Waals surface area contributed by atoms with Crippen LogP contribution in [-0.4, -0.2) is 37.8 Å². The smallest absolute Gasteiger partial charge is 0.322 e. The number of rotatable bonds is 10. The quantitative estimate of drug-likeness (QED) is 0.567. The number of methoxy groups -OCH3 is 1. The summed E-state index contributed by atoms with van der Waals surface area (Å²) in [5, 5.41) is 3.41. The molecule has 0 aliphatic heterocycles. The second-order valence-corrected chi connectivity index (χ2v) is 6.52. The lowest BCUT2D eigenvalue weighted by Crippen LogP contribution is -2.35. The van der Waals surface area contributed by atoms with E-state index in [0.717, 1.165) is 18.4 Å². The first-order valence-electron chi connectivity index (χ1n) is 9.15. The molecule has 0 radical (unpaired) electrons. The minimum atomic E-state index is -0.156. The van der Waals surface area contributed by atoms with Gasteiger partial charge in [-0.2, -0.15) is 0 Å². The van der Waals surface area contributed by atoms with Gasteiger partial charge in [-0.05, 0) is 43.5 Å². The Morgan fingerprint density at radius 2 is 1.93 bits per heavy atom. The molecular weight excluding hydrogens is 364 g/mol. The number of ether oxygens (including phenoxy) is 2. The van der Waals surface area contributed by atoms with E-state index >= 15 is 0 Å². The molecule has 0 aromatic heterocycles. The summed E-state index contributed by atoms with van der Waals surface area (Å²) in [6.07, 6.45) is 1.78. The first-order valence-corrected chi connectivity index (χ1v) is 9.53. The second kappa shape index (κ2) is 11.5. The fourth-order valence-corrected chi connectivity index (χ4v) is 2.89. The van der Waals surface area contributed by atoms with E-state index in [9.17, 15) is 4.79 Å². The molecule has 0 saturated carbocycles. The van der Waals surface area contributed by atoms with Crippen molar-refractivity contribution in [3.05, 3.63) is 59.1 Å². The molecule has 0 atom stereocenters. The third-order valence-corrected chi connectivity index (χ3v) is 4.31. The predicted molar refractivity (Wildman–Crippen MR) is 110 cm³/mol. The van der Waals surface area contributed by atoms with Crippen molar-refractivity contribution >= 4 is 23.3 Å². The number of carbonyl (C=O) groups is 1. The van der Waals surface area contributed by atoms with Gasteiger partial charge in [0.25, 0.3) is 0 Å². The molecule has 2 amide bonds. The Hall–Kier alpha value is -2.24. The largest absolute Gasteiger partial charge is 0.492 e. The SMILES string of the molecule is CCOc1ccc(NC(=O)N(CCCCOC)Cc2ccccc2)cc1Cl. The Kier molecular flexibility index (Phi) is 8.95. The number of carbonyl (C=O) groups excluding carboxylic acids is 1. The number of unbranched alkanes of at least 4 members (excludes halogenated alkanes) is 1. The van der Waals surface area contributed by atoms with Crippen LogP contribution in [0.25, 0.3) is 0 Å². The van der Waals surface area contributed by atoms with Crippen molar-refractivity contribution in [3.8, 4) is 5.75 Å². The highest BCUT2D eigenvalue weighted by Crippen LogP contribution is 2.27. The maximum atomic E-state index is 12.8. The number of anilines is 1. The average molecular weight is 391 g/mol. The molecule has 0 fully saturated rings. The van der Waals surface area contributed by atoms with Crippen LogP contribution in [0, 0.1) is 0 Å². The van der Waals surface area contributed by atoms with Crippen LogP contribution in [0.4, 0.5) is 10.5 Å². The highest BCUT2D eigenvalue weighted by molar-refractivity contribution is 6.32. The van der Waals surface area contributed by atoms with Crippen molar-refractivity contribution < 1.29 is 14.3 Å². The van der Waals surface area contributed by atoms with Crippen LogP contribution in [0.5, 0.6) is 5.75 Å². The fourth-order valence-electron chi connectivity index (χ4n) is 2.66. The molecule has 0 aliphatic carbocycles. The molecule has 2 aromatic rings. The van der Waals surface area contributed by atoms with Crippen molar-refractivity contribution in [2.24, 2.45) is 0 Å². The van der Waals surface area contributed by atoms with E-state index in [0.29, 0.717) is 42.8 Å². The fraction of sp³-hybridized carbons (Fsp3) is 0.381. The standard InChI is InChI=1S/C21H27ClN2O3/c1-3-27-20-12-11-18(15-19(20)22)23-21(25)24(13-7-8-14-26-2)16-17-9-5-4-6-10-17/h4-6,9-12,15H,3,7-8,13-14,16H2,1-2H3,(H,23,25). The molecule has 5 nitrogen and oxygen atoms in total. The van der Waals surface area contributed by atoms with Gasteiger partial charge in [-0.3, -0.25) is 0 Å². The van der Waals surface area contributed by atoms with Crippen LogP contribution >= 0.6 is 11.6 Å². The summed E-state index contributed by atoms with van der Waals surface area (Å²) in [6.45, 7) is 4.32.